The average Bonchev–Trinajstić information content (AvgIpc) is 3.43. The number of anilines is 1. The lowest BCUT2D eigenvalue weighted by Gasteiger charge is -2.49. The zero-order valence-electron chi connectivity index (χ0n) is 22.3. The molecule has 1 unspecified atom stereocenters. The summed E-state index contributed by atoms with van der Waals surface area (Å²) in [5.74, 6) is -1.38. The Bertz CT molecular complexity index is 1440. The summed E-state index contributed by atoms with van der Waals surface area (Å²) in [4.78, 5) is 58.1. The van der Waals surface area contributed by atoms with E-state index in [1.807, 2.05) is 0 Å². The molecule has 4 rings (SSSR count). The molecule has 0 aliphatic carbocycles. The number of pyridine rings is 1. The molecule has 1 fully saturated rings. The molecule has 3 atom stereocenters. The number of halogens is 1. The Hall–Kier alpha value is -3.39. The van der Waals surface area contributed by atoms with Crippen molar-refractivity contribution in [1.82, 2.24) is 20.2 Å². The number of alkyl halides is 1. The van der Waals surface area contributed by atoms with Gasteiger partial charge < -0.3 is 31.8 Å². The van der Waals surface area contributed by atoms with E-state index in [1.54, 1.807) is 18.5 Å². The molecule has 2 aliphatic heterocycles. The van der Waals surface area contributed by atoms with Crippen molar-refractivity contribution in [2.45, 2.75) is 28.1 Å². The molecule has 2 aromatic heterocycles. The van der Waals surface area contributed by atoms with Gasteiger partial charge in [-0.3, -0.25) is 24.5 Å². The third-order valence-electron chi connectivity index (χ3n) is 5.89. The van der Waals surface area contributed by atoms with Crippen LogP contribution in [0.25, 0.3) is 0 Å². The standard InChI is InChI=1S/C24H27FN8O6S4/c25-2-4-39-32-17(14-9-42-24(27)30-14)20(35)31-18-21(36)33-19(23(37)38)16(10-41-22(18)33)43-15-1-3-28-5-12(15)7-40-8-13(6-34)29-11-26/h1,3,5,9,11,13,18,22,34H,2,4,6-8,10H2,(H2,26,29)(H2,27,30)(H,31,35)(H,37,38)/b32-17-/t13?,18-,22+/m1/s1. The van der Waals surface area contributed by atoms with Crippen molar-refractivity contribution in [3.05, 3.63) is 45.7 Å². The van der Waals surface area contributed by atoms with Crippen LogP contribution in [0.1, 0.15) is 11.3 Å². The molecular weight excluding hydrogens is 644 g/mol. The Morgan fingerprint density at radius 1 is 1.42 bits per heavy atom. The molecule has 19 heteroatoms. The first-order valence-corrected chi connectivity index (χ1v) is 16.4. The Kier molecular flexibility index (Phi) is 11.6. The molecule has 0 saturated carbocycles. The second-order valence-corrected chi connectivity index (χ2v) is 12.9. The van der Waals surface area contributed by atoms with E-state index < -0.39 is 35.9 Å². The van der Waals surface area contributed by atoms with Gasteiger partial charge in [0.1, 0.15) is 36.1 Å². The normalized spacial score (nSPS) is 19.3. The average molecular weight is 671 g/mol. The number of oxime groups is 1. The molecule has 43 heavy (non-hydrogen) atoms. The lowest BCUT2D eigenvalue weighted by molar-refractivity contribution is -0.150. The van der Waals surface area contributed by atoms with Crippen LogP contribution in [0, 0.1) is 0 Å². The van der Waals surface area contributed by atoms with Crippen LogP contribution >= 0.6 is 46.6 Å². The zero-order valence-corrected chi connectivity index (χ0v) is 25.6. The van der Waals surface area contributed by atoms with Crippen LogP contribution in [-0.4, -0.2) is 104 Å². The summed E-state index contributed by atoms with van der Waals surface area (Å²) in [5.41, 5.74) is 11.5. The van der Waals surface area contributed by atoms with Gasteiger partial charge in [0, 0.05) is 44.8 Å². The highest BCUT2D eigenvalue weighted by Gasteiger charge is 2.54. The van der Waals surface area contributed by atoms with Gasteiger partial charge >= 0.3 is 5.97 Å². The van der Waals surface area contributed by atoms with Crippen molar-refractivity contribution in [3.63, 3.8) is 0 Å². The van der Waals surface area contributed by atoms with Crippen LogP contribution in [0.2, 0.25) is 0 Å². The predicted octanol–water partition coefficient (Wildman–Crippen LogP) is 0.880. The maximum Gasteiger partial charge on any atom is 0.353 e. The van der Waals surface area contributed by atoms with Gasteiger partial charge in [-0.2, -0.15) is 11.8 Å². The molecule has 2 aliphatic rings. The van der Waals surface area contributed by atoms with Crippen molar-refractivity contribution in [3.8, 4) is 0 Å². The van der Waals surface area contributed by atoms with Gasteiger partial charge in [0.2, 0.25) is 0 Å². The molecule has 7 N–H and O–H groups in total. The fraction of sp³-hybridized carbons (Fsp3) is 0.375. The number of hydrogen-bond donors (Lipinski definition) is 5. The van der Waals surface area contributed by atoms with Crippen molar-refractivity contribution < 1.29 is 33.8 Å². The summed E-state index contributed by atoms with van der Waals surface area (Å²) in [6.07, 6.45) is 4.43. The molecule has 0 bridgehead atoms. The molecular formula is C24H27FN8O6S4. The minimum atomic E-state index is -1.28. The predicted molar refractivity (Wildman–Crippen MR) is 164 cm³/mol. The number of thiazole rings is 1. The number of aliphatic carboxylic acids is 1. The maximum absolute atomic E-state index is 13.2. The van der Waals surface area contributed by atoms with Crippen LogP contribution in [0.4, 0.5) is 9.52 Å². The summed E-state index contributed by atoms with van der Waals surface area (Å²) >= 11 is 5.11. The first-order chi connectivity index (χ1) is 20.8. The molecule has 4 heterocycles. The van der Waals surface area contributed by atoms with Crippen LogP contribution in [0.5, 0.6) is 0 Å². The number of amides is 2. The van der Waals surface area contributed by atoms with E-state index in [2.05, 4.69) is 25.4 Å². The minimum Gasteiger partial charge on any atom is -0.477 e. The van der Waals surface area contributed by atoms with E-state index in [0.717, 1.165) is 33.0 Å². The number of rotatable bonds is 15. The molecule has 1 saturated heterocycles. The first-order valence-electron chi connectivity index (χ1n) is 12.5. The number of thioether (sulfide) groups is 3. The summed E-state index contributed by atoms with van der Waals surface area (Å²) in [6, 6.07) is 0.388. The van der Waals surface area contributed by atoms with Crippen LogP contribution in [0.3, 0.4) is 0 Å². The maximum atomic E-state index is 13.2. The van der Waals surface area contributed by atoms with Crippen molar-refractivity contribution in [2.24, 2.45) is 15.9 Å². The number of fused-ring (bicyclic) bond motifs is 1. The summed E-state index contributed by atoms with van der Waals surface area (Å²) in [5, 5.41) is 26.7. The SMILES string of the molecule is NC=NC(CO)CSCc1cnccc1SC1=C(C(=O)O)N2C(=O)[C@@H](NC(=O)/C(=N\OCCF)c3csc(N)n3)[C@@H]2SC1. The number of aliphatic hydroxyl groups excluding tert-OH is 1. The molecule has 2 aromatic rings. The third kappa shape index (κ3) is 7.77. The summed E-state index contributed by atoms with van der Waals surface area (Å²) in [7, 11) is 0. The van der Waals surface area contributed by atoms with Crippen LogP contribution < -0.4 is 16.8 Å². The number of hydrogen-bond acceptors (Lipinski definition) is 14. The van der Waals surface area contributed by atoms with Gasteiger partial charge in [-0.05, 0) is 11.6 Å². The van der Waals surface area contributed by atoms with E-state index in [4.69, 9.17) is 16.3 Å². The van der Waals surface area contributed by atoms with Gasteiger partial charge in [-0.15, -0.1) is 23.1 Å². The topological polar surface area (TPSA) is 219 Å². The van der Waals surface area contributed by atoms with Crippen molar-refractivity contribution in [1.29, 1.82) is 0 Å². The van der Waals surface area contributed by atoms with Gasteiger partial charge in [-0.25, -0.2) is 14.2 Å². The van der Waals surface area contributed by atoms with E-state index in [0.29, 0.717) is 16.4 Å². The van der Waals surface area contributed by atoms with Crippen LogP contribution in [-0.2, 0) is 25.0 Å². The quantitative estimate of drug-likeness (QED) is 0.0585. The lowest BCUT2D eigenvalue weighted by atomic mass is 10.0. The number of nitrogens with zero attached hydrogens (tertiary/aromatic N) is 5. The Morgan fingerprint density at radius 2 is 2.23 bits per heavy atom. The second-order valence-electron chi connectivity index (χ2n) is 8.71. The highest BCUT2D eigenvalue weighted by Crippen LogP contribution is 2.46. The number of carboxylic acids is 1. The lowest BCUT2D eigenvalue weighted by Crippen LogP contribution is -2.71. The zero-order chi connectivity index (χ0) is 30.9. The fourth-order valence-corrected chi connectivity index (χ4v) is 8.19. The summed E-state index contributed by atoms with van der Waals surface area (Å²) < 4.78 is 12.5. The van der Waals surface area contributed by atoms with E-state index in [-0.39, 0.29) is 47.2 Å². The third-order valence-corrected chi connectivity index (χ3v) is 10.4. The number of nitrogen functional groups attached to an aromatic ring is 1. The number of carbonyl (C=O) groups is 3. The number of aliphatic imine (C=N–C) groups is 1. The molecule has 230 valence electrons. The number of carboxylic acid groups (broad SMARTS) is 1. The Morgan fingerprint density at radius 3 is 2.91 bits per heavy atom. The van der Waals surface area contributed by atoms with E-state index in [9.17, 15) is 29.0 Å². The number of carbonyl (C=O) groups excluding carboxylic acids is 2. The van der Waals surface area contributed by atoms with Gasteiger partial charge in [0.25, 0.3) is 11.8 Å². The van der Waals surface area contributed by atoms with Gasteiger partial charge in [0.15, 0.2) is 10.8 Å². The monoisotopic (exact) mass is 670 g/mol. The van der Waals surface area contributed by atoms with E-state index >= 15 is 0 Å². The first kappa shape index (κ1) is 32.5. The second kappa shape index (κ2) is 15.4. The molecule has 0 aromatic carbocycles. The smallest absolute Gasteiger partial charge is 0.353 e. The molecule has 0 spiro atoms. The number of nitrogens with two attached hydrogens (primary N) is 2. The fourth-order valence-electron chi connectivity index (χ4n) is 3.95. The highest BCUT2D eigenvalue weighted by molar-refractivity contribution is 8.06. The number of nitrogens with one attached hydrogen (secondary N) is 1. The number of β-lactam (4-membered cyclic amide) rings is 1. The Labute approximate surface area is 261 Å². The molecule has 14 nitrogen and oxygen atoms in total. The summed E-state index contributed by atoms with van der Waals surface area (Å²) in [6.45, 7) is -1.36. The largest absolute Gasteiger partial charge is 0.477 e. The number of aromatic nitrogens is 2. The minimum absolute atomic E-state index is 0.0916. The molecule has 2 amide bonds. The van der Waals surface area contributed by atoms with Gasteiger partial charge in [-0.1, -0.05) is 16.9 Å². The van der Waals surface area contributed by atoms with Crippen molar-refractivity contribution >= 4 is 81.6 Å². The van der Waals surface area contributed by atoms with Crippen molar-refractivity contribution in [2.75, 3.05) is 37.1 Å². The van der Waals surface area contributed by atoms with Gasteiger partial charge in [0.05, 0.1) is 19.0 Å². The Balaban J connectivity index is 1.48. The van der Waals surface area contributed by atoms with Crippen LogP contribution in [0.15, 0.2) is 49.5 Å². The number of aliphatic hydroxyl groups is 1. The molecule has 0 radical (unpaired) electrons. The highest BCUT2D eigenvalue weighted by atomic mass is 32.2. The van der Waals surface area contributed by atoms with E-state index in [1.165, 1.54) is 40.7 Å².